The summed E-state index contributed by atoms with van der Waals surface area (Å²) < 4.78 is 14.9. The summed E-state index contributed by atoms with van der Waals surface area (Å²) in [5.74, 6) is -0.927. The zero-order valence-electron chi connectivity index (χ0n) is 13.5. The Bertz CT molecular complexity index is 1040. The molecular weight excluding hydrogens is 357 g/mol. The van der Waals surface area contributed by atoms with Crippen molar-refractivity contribution in [3.63, 3.8) is 0 Å². The standard InChI is InChI=1S/C17H14FN5O2S/c18-8-1-3-9(4-2-8)23-12-6-5-10-13(15(19)24)16(22-17(20)25)26-14(10)11(12)7-21-23/h1-4,7H,5-6H2,(H2,19,24)(H3,20,22,25). The summed E-state index contributed by atoms with van der Waals surface area (Å²) in [6.45, 7) is 0. The van der Waals surface area contributed by atoms with E-state index in [1.54, 1.807) is 23.0 Å². The summed E-state index contributed by atoms with van der Waals surface area (Å²) in [6.07, 6.45) is 2.91. The van der Waals surface area contributed by atoms with Crippen LogP contribution in [0.2, 0.25) is 0 Å². The number of rotatable bonds is 3. The SMILES string of the molecule is NC(=O)Nc1sc2c(c1C(N)=O)CCc1c-2cnn1-c1ccc(F)cc1. The third-order valence-electron chi connectivity index (χ3n) is 4.29. The van der Waals surface area contributed by atoms with Crippen molar-refractivity contribution in [3.05, 3.63) is 53.1 Å². The van der Waals surface area contributed by atoms with Crippen LogP contribution < -0.4 is 16.8 Å². The molecule has 2 heterocycles. The van der Waals surface area contributed by atoms with Crippen molar-refractivity contribution in [2.75, 3.05) is 5.32 Å². The average molecular weight is 371 g/mol. The van der Waals surface area contributed by atoms with Crippen LogP contribution in [0, 0.1) is 5.82 Å². The Kier molecular flexibility index (Phi) is 3.73. The van der Waals surface area contributed by atoms with Crippen molar-refractivity contribution in [1.29, 1.82) is 0 Å². The lowest BCUT2D eigenvalue weighted by molar-refractivity contribution is 0.100. The van der Waals surface area contributed by atoms with Gasteiger partial charge in [-0.1, -0.05) is 0 Å². The number of urea groups is 1. The molecule has 0 atom stereocenters. The number of halogens is 1. The molecule has 1 aliphatic rings. The molecule has 0 saturated carbocycles. The van der Waals surface area contributed by atoms with Gasteiger partial charge in [0.05, 0.1) is 23.1 Å². The second-order valence-corrected chi connectivity index (χ2v) is 6.88. The van der Waals surface area contributed by atoms with E-state index in [1.165, 1.54) is 23.5 Å². The number of anilines is 1. The molecule has 2 aromatic heterocycles. The first kappa shape index (κ1) is 16.3. The summed E-state index contributed by atoms with van der Waals surface area (Å²) in [5, 5.41) is 7.23. The van der Waals surface area contributed by atoms with Gasteiger partial charge in [0.15, 0.2) is 0 Å². The molecule has 1 aliphatic carbocycles. The van der Waals surface area contributed by atoms with Gasteiger partial charge in [-0.3, -0.25) is 10.1 Å². The molecule has 132 valence electrons. The van der Waals surface area contributed by atoms with Crippen LogP contribution in [0.3, 0.4) is 0 Å². The van der Waals surface area contributed by atoms with E-state index in [-0.39, 0.29) is 5.82 Å². The number of benzene rings is 1. The van der Waals surface area contributed by atoms with Crippen LogP contribution in [-0.4, -0.2) is 21.7 Å². The zero-order chi connectivity index (χ0) is 18.4. The van der Waals surface area contributed by atoms with Gasteiger partial charge in [-0.15, -0.1) is 11.3 Å². The Hall–Kier alpha value is -3.20. The molecule has 1 aromatic carbocycles. The van der Waals surface area contributed by atoms with Crippen molar-refractivity contribution in [2.45, 2.75) is 12.8 Å². The van der Waals surface area contributed by atoms with E-state index in [9.17, 15) is 14.0 Å². The molecule has 0 unspecified atom stereocenters. The van der Waals surface area contributed by atoms with Gasteiger partial charge in [-0.25, -0.2) is 13.9 Å². The van der Waals surface area contributed by atoms with E-state index >= 15 is 0 Å². The highest BCUT2D eigenvalue weighted by molar-refractivity contribution is 7.20. The highest BCUT2D eigenvalue weighted by Crippen LogP contribution is 2.45. The van der Waals surface area contributed by atoms with E-state index in [1.807, 2.05) is 0 Å². The van der Waals surface area contributed by atoms with Gasteiger partial charge < -0.3 is 11.5 Å². The van der Waals surface area contributed by atoms with E-state index in [0.29, 0.717) is 23.4 Å². The Balaban J connectivity index is 1.85. The summed E-state index contributed by atoms with van der Waals surface area (Å²) >= 11 is 1.25. The predicted molar refractivity (Wildman–Crippen MR) is 96.0 cm³/mol. The maximum Gasteiger partial charge on any atom is 0.317 e. The van der Waals surface area contributed by atoms with Gasteiger partial charge in [0.2, 0.25) is 0 Å². The van der Waals surface area contributed by atoms with Crippen LogP contribution in [0.15, 0.2) is 30.5 Å². The monoisotopic (exact) mass is 371 g/mol. The number of nitrogens with two attached hydrogens (primary N) is 2. The number of carbonyl (C=O) groups is 2. The van der Waals surface area contributed by atoms with Gasteiger partial charge in [0, 0.05) is 10.4 Å². The summed E-state index contributed by atoms with van der Waals surface area (Å²) in [6, 6.07) is 5.31. The maximum atomic E-state index is 13.2. The molecule has 0 saturated heterocycles. The molecule has 3 aromatic rings. The minimum Gasteiger partial charge on any atom is -0.365 e. The quantitative estimate of drug-likeness (QED) is 0.656. The van der Waals surface area contributed by atoms with Crippen molar-refractivity contribution in [3.8, 4) is 16.1 Å². The molecular formula is C17H14FN5O2S. The number of amides is 3. The van der Waals surface area contributed by atoms with E-state index < -0.39 is 11.9 Å². The topological polar surface area (TPSA) is 116 Å². The van der Waals surface area contributed by atoms with Crippen molar-refractivity contribution in [1.82, 2.24) is 9.78 Å². The minimum atomic E-state index is -0.756. The number of hydrogen-bond donors (Lipinski definition) is 3. The second-order valence-electron chi connectivity index (χ2n) is 5.86. The number of primary amides is 2. The Morgan fingerprint density at radius 1 is 1.19 bits per heavy atom. The molecule has 7 nitrogen and oxygen atoms in total. The number of hydrogen-bond acceptors (Lipinski definition) is 4. The molecule has 0 fully saturated rings. The Labute approximate surface area is 151 Å². The number of carbonyl (C=O) groups excluding carboxylic acids is 2. The van der Waals surface area contributed by atoms with Crippen molar-refractivity contribution >= 4 is 28.3 Å². The van der Waals surface area contributed by atoms with E-state index in [4.69, 9.17) is 11.5 Å². The molecule has 9 heteroatoms. The highest BCUT2D eigenvalue weighted by Gasteiger charge is 2.30. The van der Waals surface area contributed by atoms with Crippen LogP contribution in [0.1, 0.15) is 21.6 Å². The lowest BCUT2D eigenvalue weighted by atomic mass is 9.93. The summed E-state index contributed by atoms with van der Waals surface area (Å²) in [7, 11) is 0. The third-order valence-corrected chi connectivity index (χ3v) is 5.47. The van der Waals surface area contributed by atoms with Crippen molar-refractivity contribution < 1.29 is 14.0 Å². The summed E-state index contributed by atoms with van der Waals surface area (Å²) in [4.78, 5) is 24.0. The van der Waals surface area contributed by atoms with Crippen LogP contribution in [0.5, 0.6) is 0 Å². The molecule has 0 radical (unpaired) electrons. The van der Waals surface area contributed by atoms with Gasteiger partial charge in [-0.05, 0) is 42.7 Å². The lowest BCUT2D eigenvalue weighted by Gasteiger charge is -2.15. The largest absolute Gasteiger partial charge is 0.365 e. The van der Waals surface area contributed by atoms with Gasteiger partial charge in [-0.2, -0.15) is 5.10 Å². The molecule has 0 bridgehead atoms. The fraction of sp³-hybridized carbons (Fsp3) is 0.118. The molecule has 0 aliphatic heterocycles. The second kappa shape index (κ2) is 5.95. The fourth-order valence-electron chi connectivity index (χ4n) is 3.23. The smallest absolute Gasteiger partial charge is 0.317 e. The van der Waals surface area contributed by atoms with E-state index in [0.717, 1.165) is 27.4 Å². The zero-order valence-corrected chi connectivity index (χ0v) is 14.3. The van der Waals surface area contributed by atoms with Crippen LogP contribution >= 0.6 is 11.3 Å². The number of fused-ring (bicyclic) bond motifs is 3. The number of nitrogens with one attached hydrogen (secondary N) is 1. The molecule has 26 heavy (non-hydrogen) atoms. The molecule has 3 amide bonds. The first-order valence-electron chi connectivity index (χ1n) is 7.81. The maximum absolute atomic E-state index is 13.2. The molecule has 0 spiro atoms. The normalized spacial score (nSPS) is 12.3. The van der Waals surface area contributed by atoms with Crippen LogP contribution in [0.4, 0.5) is 14.2 Å². The van der Waals surface area contributed by atoms with Crippen molar-refractivity contribution in [2.24, 2.45) is 11.5 Å². The van der Waals surface area contributed by atoms with Gasteiger partial charge in [0.1, 0.15) is 10.8 Å². The van der Waals surface area contributed by atoms with Gasteiger partial charge >= 0.3 is 6.03 Å². The van der Waals surface area contributed by atoms with E-state index in [2.05, 4.69) is 10.4 Å². The van der Waals surface area contributed by atoms with Crippen LogP contribution in [-0.2, 0) is 12.8 Å². The number of aromatic nitrogens is 2. The predicted octanol–water partition coefficient (Wildman–Crippen LogP) is 2.43. The minimum absolute atomic E-state index is 0.295. The summed E-state index contributed by atoms with van der Waals surface area (Å²) in [5.41, 5.74) is 14.3. The number of thiophene rings is 1. The highest BCUT2D eigenvalue weighted by atomic mass is 32.1. The number of nitrogens with zero attached hydrogens (tertiary/aromatic N) is 2. The first-order chi connectivity index (χ1) is 12.5. The fourth-order valence-corrected chi connectivity index (χ4v) is 4.52. The third kappa shape index (κ3) is 2.53. The average Bonchev–Trinajstić information content (AvgIpc) is 3.15. The molecule has 4 rings (SSSR count). The molecule has 5 N–H and O–H groups in total. The van der Waals surface area contributed by atoms with Gasteiger partial charge in [0.25, 0.3) is 5.91 Å². The lowest BCUT2D eigenvalue weighted by Crippen LogP contribution is -2.22. The first-order valence-corrected chi connectivity index (χ1v) is 8.62. The Morgan fingerprint density at radius 2 is 1.92 bits per heavy atom. The Morgan fingerprint density at radius 3 is 2.58 bits per heavy atom. The van der Waals surface area contributed by atoms with Crippen LogP contribution in [0.25, 0.3) is 16.1 Å².